The summed E-state index contributed by atoms with van der Waals surface area (Å²) < 4.78 is 7.87. The maximum atomic E-state index is 5.53. The molecule has 3 rings (SSSR count). The van der Waals surface area contributed by atoms with Gasteiger partial charge in [0.1, 0.15) is 0 Å². The Morgan fingerprint density at radius 2 is 1.70 bits per heavy atom. The highest BCUT2D eigenvalue weighted by Gasteiger charge is 2.09. The normalized spacial score (nSPS) is 11.1. The lowest BCUT2D eigenvalue weighted by Gasteiger charge is -2.11. The number of hydrogen-bond acceptors (Lipinski definition) is 1. The molecule has 102 valence electrons. The number of benzene rings is 2. The van der Waals surface area contributed by atoms with Crippen molar-refractivity contribution in [2.75, 3.05) is 13.2 Å². The van der Waals surface area contributed by atoms with Gasteiger partial charge in [0.25, 0.3) is 0 Å². The second kappa shape index (κ2) is 5.93. The maximum absolute atomic E-state index is 5.53. The summed E-state index contributed by atoms with van der Waals surface area (Å²) in [5.41, 5.74) is 3.78. The molecular formula is C18H19NO. The average Bonchev–Trinajstić information content (AvgIpc) is 2.87. The molecule has 2 aromatic carbocycles. The van der Waals surface area contributed by atoms with Crippen LogP contribution in [0.25, 0.3) is 22.2 Å². The molecule has 0 aliphatic heterocycles. The van der Waals surface area contributed by atoms with Gasteiger partial charge in [0, 0.05) is 29.7 Å². The van der Waals surface area contributed by atoms with Crippen molar-refractivity contribution in [1.29, 1.82) is 0 Å². The molecule has 1 aromatic heterocycles. The monoisotopic (exact) mass is 265 g/mol. The predicted molar refractivity (Wildman–Crippen MR) is 83.9 cm³/mol. The molecule has 20 heavy (non-hydrogen) atoms. The Hall–Kier alpha value is -2.06. The summed E-state index contributed by atoms with van der Waals surface area (Å²) in [6, 6.07) is 21.3. The van der Waals surface area contributed by atoms with E-state index >= 15 is 0 Å². The SMILES string of the molecule is CCOCCn1c(-c2ccccc2)cc2ccccc21. The zero-order valence-corrected chi connectivity index (χ0v) is 11.8. The van der Waals surface area contributed by atoms with Crippen LogP contribution in [0.3, 0.4) is 0 Å². The highest BCUT2D eigenvalue weighted by Crippen LogP contribution is 2.28. The summed E-state index contributed by atoms with van der Waals surface area (Å²) in [5.74, 6) is 0. The molecule has 0 radical (unpaired) electrons. The van der Waals surface area contributed by atoms with E-state index in [1.165, 1.54) is 22.2 Å². The van der Waals surface area contributed by atoms with Gasteiger partial charge in [-0.2, -0.15) is 0 Å². The molecule has 0 bridgehead atoms. The molecule has 3 aromatic rings. The summed E-state index contributed by atoms with van der Waals surface area (Å²) in [5, 5.41) is 1.28. The molecule has 0 aliphatic carbocycles. The lowest BCUT2D eigenvalue weighted by atomic mass is 10.1. The first kappa shape index (κ1) is 12.9. The van der Waals surface area contributed by atoms with E-state index in [0.717, 1.165) is 19.8 Å². The highest BCUT2D eigenvalue weighted by atomic mass is 16.5. The van der Waals surface area contributed by atoms with Gasteiger partial charge in [-0.15, -0.1) is 0 Å². The third-order valence-corrected chi connectivity index (χ3v) is 3.54. The zero-order valence-electron chi connectivity index (χ0n) is 11.8. The first-order valence-electron chi connectivity index (χ1n) is 7.11. The van der Waals surface area contributed by atoms with E-state index in [-0.39, 0.29) is 0 Å². The molecule has 0 atom stereocenters. The smallest absolute Gasteiger partial charge is 0.0645 e. The molecule has 0 aliphatic rings. The largest absolute Gasteiger partial charge is 0.380 e. The van der Waals surface area contributed by atoms with Crippen molar-refractivity contribution in [3.63, 3.8) is 0 Å². The summed E-state index contributed by atoms with van der Waals surface area (Å²) in [4.78, 5) is 0. The fourth-order valence-corrected chi connectivity index (χ4v) is 2.60. The van der Waals surface area contributed by atoms with Gasteiger partial charge in [0.2, 0.25) is 0 Å². The van der Waals surface area contributed by atoms with Crippen LogP contribution in [-0.2, 0) is 11.3 Å². The summed E-state index contributed by atoms with van der Waals surface area (Å²) >= 11 is 0. The van der Waals surface area contributed by atoms with Crippen LogP contribution in [0.4, 0.5) is 0 Å². The van der Waals surface area contributed by atoms with Crippen LogP contribution < -0.4 is 0 Å². The van der Waals surface area contributed by atoms with Crippen LogP contribution in [0, 0.1) is 0 Å². The van der Waals surface area contributed by atoms with E-state index in [0.29, 0.717) is 0 Å². The minimum absolute atomic E-state index is 0.745. The summed E-state index contributed by atoms with van der Waals surface area (Å²) in [7, 11) is 0. The molecule has 2 heteroatoms. The van der Waals surface area contributed by atoms with Gasteiger partial charge in [-0.05, 0) is 24.6 Å². The average molecular weight is 265 g/mol. The van der Waals surface area contributed by atoms with E-state index in [4.69, 9.17) is 4.74 Å². The molecule has 2 nitrogen and oxygen atoms in total. The molecular weight excluding hydrogens is 246 g/mol. The van der Waals surface area contributed by atoms with Gasteiger partial charge < -0.3 is 9.30 Å². The fraction of sp³-hybridized carbons (Fsp3) is 0.222. The number of para-hydroxylation sites is 1. The third kappa shape index (κ3) is 2.47. The van der Waals surface area contributed by atoms with Crippen molar-refractivity contribution in [2.45, 2.75) is 13.5 Å². The maximum Gasteiger partial charge on any atom is 0.0645 e. The summed E-state index contributed by atoms with van der Waals surface area (Å²) in [6.07, 6.45) is 0. The van der Waals surface area contributed by atoms with Gasteiger partial charge in [-0.25, -0.2) is 0 Å². The van der Waals surface area contributed by atoms with Crippen molar-refractivity contribution in [3.8, 4) is 11.3 Å². The van der Waals surface area contributed by atoms with Crippen LogP contribution >= 0.6 is 0 Å². The van der Waals surface area contributed by atoms with Crippen LogP contribution in [0.1, 0.15) is 6.92 Å². The van der Waals surface area contributed by atoms with Crippen molar-refractivity contribution in [1.82, 2.24) is 4.57 Å². The van der Waals surface area contributed by atoms with Crippen molar-refractivity contribution in [3.05, 3.63) is 60.7 Å². The molecule has 1 heterocycles. The Kier molecular flexibility index (Phi) is 3.84. The molecule has 0 spiro atoms. The minimum atomic E-state index is 0.745. The molecule has 0 amide bonds. The first-order valence-corrected chi connectivity index (χ1v) is 7.11. The Bertz CT molecular complexity index is 685. The van der Waals surface area contributed by atoms with E-state index in [1.807, 2.05) is 6.92 Å². The lowest BCUT2D eigenvalue weighted by molar-refractivity contribution is 0.140. The molecule has 0 N–H and O–H groups in total. The summed E-state index contributed by atoms with van der Waals surface area (Å²) in [6.45, 7) is 4.42. The van der Waals surface area contributed by atoms with E-state index < -0.39 is 0 Å². The second-order valence-electron chi connectivity index (χ2n) is 4.80. The standard InChI is InChI=1S/C18H19NO/c1-2-20-13-12-19-17-11-7-6-10-16(17)14-18(19)15-8-4-3-5-9-15/h3-11,14H,2,12-13H2,1H3. The van der Waals surface area contributed by atoms with Crippen molar-refractivity contribution in [2.24, 2.45) is 0 Å². The van der Waals surface area contributed by atoms with Gasteiger partial charge >= 0.3 is 0 Å². The minimum Gasteiger partial charge on any atom is -0.380 e. The highest BCUT2D eigenvalue weighted by molar-refractivity contribution is 5.87. The van der Waals surface area contributed by atoms with E-state index in [2.05, 4.69) is 65.2 Å². The topological polar surface area (TPSA) is 14.2 Å². The fourth-order valence-electron chi connectivity index (χ4n) is 2.60. The van der Waals surface area contributed by atoms with Crippen molar-refractivity contribution >= 4 is 10.9 Å². The van der Waals surface area contributed by atoms with Gasteiger partial charge in [0.15, 0.2) is 0 Å². The van der Waals surface area contributed by atoms with Crippen LogP contribution in [0.15, 0.2) is 60.7 Å². The van der Waals surface area contributed by atoms with E-state index in [9.17, 15) is 0 Å². The molecule has 0 fully saturated rings. The van der Waals surface area contributed by atoms with E-state index in [1.54, 1.807) is 0 Å². The van der Waals surface area contributed by atoms with Crippen LogP contribution in [-0.4, -0.2) is 17.8 Å². The number of fused-ring (bicyclic) bond motifs is 1. The quantitative estimate of drug-likeness (QED) is 0.626. The van der Waals surface area contributed by atoms with Crippen molar-refractivity contribution < 1.29 is 4.74 Å². The predicted octanol–water partition coefficient (Wildman–Crippen LogP) is 4.34. The number of hydrogen-bond donors (Lipinski definition) is 0. The van der Waals surface area contributed by atoms with Gasteiger partial charge in [-0.3, -0.25) is 0 Å². The Labute approximate surface area is 119 Å². The van der Waals surface area contributed by atoms with Crippen LogP contribution in [0.5, 0.6) is 0 Å². The molecule has 0 unspecified atom stereocenters. The molecule has 0 saturated carbocycles. The second-order valence-corrected chi connectivity index (χ2v) is 4.80. The molecule has 0 saturated heterocycles. The first-order chi connectivity index (χ1) is 9.90. The van der Waals surface area contributed by atoms with Gasteiger partial charge in [-0.1, -0.05) is 48.5 Å². The number of rotatable bonds is 5. The lowest BCUT2D eigenvalue weighted by Crippen LogP contribution is -2.06. The number of aromatic nitrogens is 1. The number of ether oxygens (including phenoxy) is 1. The van der Waals surface area contributed by atoms with Gasteiger partial charge in [0.05, 0.1) is 6.61 Å². The third-order valence-electron chi connectivity index (χ3n) is 3.54. The van der Waals surface area contributed by atoms with Crippen LogP contribution in [0.2, 0.25) is 0 Å². The Morgan fingerprint density at radius 3 is 2.50 bits per heavy atom. The Morgan fingerprint density at radius 1 is 0.950 bits per heavy atom. The zero-order chi connectivity index (χ0) is 13.8. The number of nitrogens with zero attached hydrogens (tertiary/aromatic N) is 1. The Balaban J connectivity index is 2.08.